The number of hydrogen-bond donors (Lipinski definition) is 6. The van der Waals surface area contributed by atoms with Crippen molar-refractivity contribution < 1.29 is 118 Å². The van der Waals surface area contributed by atoms with Gasteiger partial charge in [0.1, 0.15) is 6.10 Å². The third-order valence-electron chi connectivity index (χ3n) is 11.2. The fourth-order valence-corrected chi connectivity index (χ4v) is 6.82. The predicted octanol–water partition coefficient (Wildman–Crippen LogP) is 1.09. The van der Waals surface area contributed by atoms with Crippen molar-refractivity contribution in [3.63, 3.8) is 0 Å². The summed E-state index contributed by atoms with van der Waals surface area (Å²) in [5.41, 5.74) is 6.45. The molecule has 1 aromatic carbocycles. The maximum Gasteiger partial charge on any atom is 0.409 e. The summed E-state index contributed by atoms with van der Waals surface area (Å²) in [7, 11) is 2.94. The van der Waals surface area contributed by atoms with E-state index >= 15 is 0 Å². The van der Waals surface area contributed by atoms with Gasteiger partial charge in [0.25, 0.3) is 0 Å². The average Bonchev–Trinajstić information content (AvgIpc) is 3.60. The number of aliphatic hydroxyl groups excluding tert-OH is 1. The molecule has 7 N–H and O–H groups in total. The molecule has 0 spiro atoms. The monoisotopic (exact) mass is 1190 g/mol. The maximum atomic E-state index is 13.6. The van der Waals surface area contributed by atoms with Gasteiger partial charge in [0.15, 0.2) is 17.7 Å². The maximum absolute atomic E-state index is 13.6. The van der Waals surface area contributed by atoms with Crippen molar-refractivity contribution in [1.82, 2.24) is 25.3 Å². The Morgan fingerprint density at radius 3 is 1.65 bits per heavy atom. The van der Waals surface area contributed by atoms with E-state index in [0.717, 1.165) is 4.90 Å². The number of aliphatic carboxylic acids is 1. The van der Waals surface area contributed by atoms with Crippen molar-refractivity contribution in [2.24, 2.45) is 5.73 Å². The van der Waals surface area contributed by atoms with E-state index in [2.05, 4.69) is 20.3 Å². The number of likely N-dealkylation sites (N-methyl/N-ethyl adjacent to an activating group) is 2. The molecule has 0 fully saturated rings. The van der Waals surface area contributed by atoms with E-state index in [1.807, 2.05) is 0 Å². The summed E-state index contributed by atoms with van der Waals surface area (Å²) in [6, 6.07) is -0.694. The van der Waals surface area contributed by atoms with Crippen LogP contribution in [0.15, 0.2) is 29.8 Å². The van der Waals surface area contributed by atoms with Gasteiger partial charge in [-0.25, -0.2) is 23.2 Å². The molecule has 3 atom stereocenters. The summed E-state index contributed by atoms with van der Waals surface area (Å²) in [6.07, 6.45) is -1.38. The van der Waals surface area contributed by atoms with Gasteiger partial charge < -0.3 is 103 Å². The van der Waals surface area contributed by atoms with Crippen molar-refractivity contribution in [1.29, 1.82) is 0 Å². The number of carboxylic acid groups (broad SMARTS) is 2. The van der Waals surface area contributed by atoms with Crippen LogP contribution >= 0.6 is 0 Å². The summed E-state index contributed by atoms with van der Waals surface area (Å²) >= 11 is 0. The Morgan fingerprint density at radius 2 is 1.15 bits per heavy atom. The lowest BCUT2D eigenvalue weighted by atomic mass is 9.97. The minimum absolute atomic E-state index is 0.00562. The number of carbonyl (C=O) groups is 5. The van der Waals surface area contributed by atoms with Crippen LogP contribution in [-0.4, -0.2) is 270 Å². The minimum atomic E-state index is -1.81. The number of rotatable bonds is 49. The number of carboxylic acids is 1. The lowest BCUT2D eigenvalue weighted by Crippen LogP contribution is -2.53. The molecule has 1 aliphatic heterocycles. The average molecular weight is 1190 g/mol. The number of nitrogens with zero attached hydrogens (tertiary/aromatic N) is 3. The Bertz CT molecular complexity index is 2030. The van der Waals surface area contributed by atoms with Crippen LogP contribution in [0.2, 0.25) is 0 Å². The van der Waals surface area contributed by atoms with Crippen molar-refractivity contribution in [3.05, 3.63) is 53.1 Å². The minimum Gasteiger partial charge on any atom is -0.477 e. The molecule has 1 aliphatic rings. The number of ether oxygens (including phenoxy) is 13. The Hall–Kier alpha value is -5.71. The molecule has 31 heteroatoms. The van der Waals surface area contributed by atoms with Crippen molar-refractivity contribution in [2.75, 3.05) is 192 Å². The van der Waals surface area contributed by atoms with Crippen LogP contribution in [0.4, 0.5) is 27.2 Å². The summed E-state index contributed by atoms with van der Waals surface area (Å²) in [5, 5.41) is 33.9. The Morgan fingerprint density at radius 1 is 0.683 bits per heavy atom. The highest BCUT2D eigenvalue weighted by Crippen LogP contribution is 2.27. The van der Waals surface area contributed by atoms with E-state index in [4.69, 9.17) is 67.7 Å². The zero-order valence-electron chi connectivity index (χ0n) is 46.8. The van der Waals surface area contributed by atoms with Crippen LogP contribution in [0, 0.1) is 23.3 Å². The van der Waals surface area contributed by atoms with E-state index in [0.29, 0.717) is 111 Å². The molecule has 1 aromatic rings. The molecular weight excluding hydrogens is 1110 g/mol. The first-order valence-corrected chi connectivity index (χ1v) is 26.5. The molecule has 470 valence electrons. The van der Waals surface area contributed by atoms with E-state index in [9.17, 15) is 51.7 Å². The van der Waals surface area contributed by atoms with Crippen molar-refractivity contribution >= 4 is 30.0 Å². The van der Waals surface area contributed by atoms with E-state index in [1.54, 1.807) is 6.20 Å². The number of amides is 3. The molecule has 0 radical (unpaired) electrons. The third-order valence-corrected chi connectivity index (χ3v) is 11.2. The number of halogens is 4. The predicted molar refractivity (Wildman–Crippen MR) is 279 cm³/mol. The quantitative estimate of drug-likeness (QED) is 0.0175. The summed E-state index contributed by atoms with van der Waals surface area (Å²) in [5.74, 6) is -11.7. The molecule has 2 rings (SSSR count). The van der Waals surface area contributed by atoms with Crippen LogP contribution in [-0.2, 0) is 71.2 Å². The Labute approximate surface area is 474 Å². The highest BCUT2D eigenvalue weighted by Gasteiger charge is 2.39. The largest absolute Gasteiger partial charge is 0.477 e. The SMILES string of the molecule is CC(=O)NC1CC=C(C(=O)O)O[C@H]1[C@@H](CCO)OC(=O)N(C)CCOCCN(CCOCCOCCOCCOC/C(N)=C/NCCOCCOCCOCCOCCC(=O)Oc1c(F)c(F)cc(F)c1F)CCOCCN(C)C(=O)O. The summed E-state index contributed by atoms with van der Waals surface area (Å²) in [6.45, 7) is 8.56. The topological polar surface area (TPSA) is 326 Å². The fraction of sp³-hybridized carbons (Fsp3) is 0.706. The highest BCUT2D eigenvalue weighted by molar-refractivity contribution is 5.84. The van der Waals surface area contributed by atoms with Crippen LogP contribution in [0.5, 0.6) is 5.75 Å². The van der Waals surface area contributed by atoms with Gasteiger partial charge in [-0.1, -0.05) is 0 Å². The number of carbonyl (C=O) groups excluding carboxylic acids is 3. The van der Waals surface area contributed by atoms with Gasteiger partial charge >= 0.3 is 24.1 Å². The van der Waals surface area contributed by atoms with Gasteiger partial charge in [0.05, 0.1) is 150 Å². The number of esters is 1. The molecular formula is C51H82F4N6O21. The zero-order chi connectivity index (χ0) is 60.3. The molecule has 0 saturated carbocycles. The first kappa shape index (κ1) is 72.4. The van der Waals surface area contributed by atoms with Gasteiger partial charge in [-0.3, -0.25) is 14.5 Å². The number of benzene rings is 1. The smallest absolute Gasteiger partial charge is 0.409 e. The summed E-state index contributed by atoms with van der Waals surface area (Å²) in [4.78, 5) is 63.7. The van der Waals surface area contributed by atoms with Gasteiger partial charge in [0.2, 0.25) is 29.1 Å². The molecule has 1 unspecified atom stereocenters. The fourth-order valence-electron chi connectivity index (χ4n) is 6.82. The van der Waals surface area contributed by atoms with Crippen LogP contribution in [0.1, 0.15) is 26.2 Å². The standard InChI is InChI=1S/C51H82F4N6O21/c1-37(63)58-41-4-5-43(49(65)66)80-47(41)42(6-14-62)81-51(69)60(3)10-18-73-20-12-61(11-19-72-17-9-59(2)50(67)68)13-21-74-24-27-77-30-31-78-32-33-79-36-38(56)35-57-8-16-71-23-26-76-29-28-75-25-22-70-15-7-44(64)82-48-45(54)39(52)34-40(53)46(48)55/h5,34-35,41-42,47,57,62H,4,6-33,36,56H2,1-3H3,(H,58,63)(H,65,66)(H,67,68)/b38-35-/t41?,42-,47-/m1/s1. The van der Waals surface area contributed by atoms with Crippen LogP contribution in [0.25, 0.3) is 0 Å². The molecule has 82 heavy (non-hydrogen) atoms. The second-order valence-electron chi connectivity index (χ2n) is 17.7. The second kappa shape index (κ2) is 44.8. The van der Waals surface area contributed by atoms with E-state index in [1.165, 1.54) is 32.0 Å². The summed E-state index contributed by atoms with van der Waals surface area (Å²) < 4.78 is 125. The number of nitrogens with two attached hydrogens (primary N) is 1. The first-order valence-electron chi connectivity index (χ1n) is 26.5. The number of aliphatic hydroxyl groups is 1. The highest BCUT2D eigenvalue weighted by atomic mass is 19.2. The van der Waals surface area contributed by atoms with Crippen molar-refractivity contribution in [3.8, 4) is 5.75 Å². The normalized spacial score (nSPS) is 14.7. The molecule has 0 bridgehead atoms. The number of hydrogen-bond acceptors (Lipinski definition) is 22. The third kappa shape index (κ3) is 33.4. The second-order valence-corrected chi connectivity index (χ2v) is 17.7. The lowest BCUT2D eigenvalue weighted by molar-refractivity contribution is -0.141. The van der Waals surface area contributed by atoms with Gasteiger partial charge in [-0.05, 0) is 12.5 Å². The lowest BCUT2D eigenvalue weighted by Gasteiger charge is -2.36. The van der Waals surface area contributed by atoms with Gasteiger partial charge in [-0.2, -0.15) is 8.78 Å². The van der Waals surface area contributed by atoms with E-state index in [-0.39, 0.29) is 96.5 Å². The molecule has 1 heterocycles. The molecule has 27 nitrogen and oxygen atoms in total. The van der Waals surface area contributed by atoms with Crippen molar-refractivity contribution in [2.45, 2.75) is 44.4 Å². The van der Waals surface area contributed by atoms with Gasteiger partial charge in [0, 0.05) is 85.6 Å². The first-order chi connectivity index (χ1) is 39.4. The number of nitrogens with one attached hydrogen (secondary N) is 2. The molecule has 3 amide bonds. The molecule has 0 aromatic heterocycles. The molecule has 0 saturated heterocycles. The molecule has 0 aliphatic carbocycles. The Balaban J connectivity index is 1.49. The van der Waals surface area contributed by atoms with Gasteiger partial charge in [-0.15, -0.1) is 0 Å². The Kier molecular flexibility index (Phi) is 39.6. The van der Waals surface area contributed by atoms with E-state index < -0.39 is 84.4 Å². The zero-order valence-corrected chi connectivity index (χ0v) is 46.8. The van der Waals surface area contributed by atoms with Crippen LogP contribution < -0.4 is 21.1 Å². The van der Waals surface area contributed by atoms with Crippen LogP contribution in [0.3, 0.4) is 0 Å².